The molecule has 0 aliphatic carbocycles. The predicted molar refractivity (Wildman–Crippen MR) is 68.7 cm³/mol. The van der Waals surface area contributed by atoms with E-state index in [1.807, 2.05) is 0 Å². The van der Waals surface area contributed by atoms with Gasteiger partial charge in [-0.05, 0) is 31.0 Å². The monoisotopic (exact) mass is 238 g/mol. The first-order chi connectivity index (χ1) is 8.24. The molecule has 0 spiro atoms. The van der Waals surface area contributed by atoms with Crippen LogP contribution in [0.15, 0.2) is 18.2 Å². The third-order valence-corrected chi connectivity index (χ3v) is 2.47. The first kappa shape index (κ1) is 14.0. The normalized spacial score (nSPS) is 10.5. The fraction of sp³-hybridized carbons (Fsp3) is 0.571. The third kappa shape index (κ3) is 5.71. The maximum absolute atomic E-state index is 5.71. The van der Waals surface area contributed by atoms with Crippen molar-refractivity contribution >= 4 is 0 Å². The summed E-state index contributed by atoms with van der Waals surface area (Å²) in [5, 5.41) is 0. The van der Waals surface area contributed by atoms with E-state index in [0.717, 1.165) is 12.2 Å². The van der Waals surface area contributed by atoms with Crippen molar-refractivity contribution in [3.63, 3.8) is 0 Å². The number of ether oxygens (including phenoxy) is 3. The standard InChI is InChI=1S/C14H22O3/c1-12-5-6-13(2)14(11-12)17-8-4-7-16-10-9-15-3/h5-6,11H,4,7-10H2,1-3H3. The summed E-state index contributed by atoms with van der Waals surface area (Å²) in [4.78, 5) is 0. The molecule has 0 aliphatic rings. The molecule has 0 saturated carbocycles. The van der Waals surface area contributed by atoms with E-state index in [2.05, 4.69) is 32.0 Å². The maximum atomic E-state index is 5.71. The van der Waals surface area contributed by atoms with Crippen molar-refractivity contribution in [1.82, 2.24) is 0 Å². The van der Waals surface area contributed by atoms with Crippen LogP contribution in [0, 0.1) is 13.8 Å². The van der Waals surface area contributed by atoms with Crippen LogP contribution < -0.4 is 4.74 Å². The summed E-state index contributed by atoms with van der Waals surface area (Å²) in [6.07, 6.45) is 0.900. The largest absolute Gasteiger partial charge is 0.493 e. The van der Waals surface area contributed by atoms with Crippen molar-refractivity contribution in [1.29, 1.82) is 0 Å². The summed E-state index contributed by atoms with van der Waals surface area (Å²) in [6.45, 7) is 6.84. The van der Waals surface area contributed by atoms with Crippen LogP contribution in [-0.2, 0) is 9.47 Å². The van der Waals surface area contributed by atoms with Crippen molar-refractivity contribution in [2.24, 2.45) is 0 Å². The molecule has 1 aromatic rings. The van der Waals surface area contributed by atoms with Gasteiger partial charge in [-0.1, -0.05) is 12.1 Å². The molecule has 0 bridgehead atoms. The molecular weight excluding hydrogens is 216 g/mol. The average Bonchev–Trinajstić information content (AvgIpc) is 2.32. The molecule has 0 amide bonds. The number of hydrogen-bond acceptors (Lipinski definition) is 3. The highest BCUT2D eigenvalue weighted by molar-refractivity contribution is 5.35. The molecule has 1 aromatic carbocycles. The van der Waals surface area contributed by atoms with Crippen molar-refractivity contribution in [2.75, 3.05) is 33.5 Å². The van der Waals surface area contributed by atoms with E-state index in [0.29, 0.717) is 26.4 Å². The summed E-state index contributed by atoms with van der Waals surface area (Å²) in [5.41, 5.74) is 2.40. The molecule has 96 valence electrons. The van der Waals surface area contributed by atoms with Crippen LogP contribution in [-0.4, -0.2) is 33.5 Å². The lowest BCUT2D eigenvalue weighted by Crippen LogP contribution is -2.07. The van der Waals surface area contributed by atoms with Crippen LogP contribution in [0.3, 0.4) is 0 Å². The minimum Gasteiger partial charge on any atom is -0.493 e. The average molecular weight is 238 g/mol. The van der Waals surface area contributed by atoms with Gasteiger partial charge in [-0.15, -0.1) is 0 Å². The van der Waals surface area contributed by atoms with Crippen LogP contribution >= 0.6 is 0 Å². The molecule has 3 nitrogen and oxygen atoms in total. The first-order valence-corrected chi connectivity index (χ1v) is 6.01. The minimum atomic E-state index is 0.651. The molecule has 0 fully saturated rings. The molecule has 0 atom stereocenters. The number of methoxy groups -OCH3 is 1. The zero-order valence-electron chi connectivity index (χ0n) is 11.0. The number of aryl methyl sites for hydroxylation is 2. The van der Waals surface area contributed by atoms with E-state index < -0.39 is 0 Å². The highest BCUT2D eigenvalue weighted by Gasteiger charge is 1.99. The second-order valence-electron chi connectivity index (χ2n) is 4.08. The summed E-state index contributed by atoms with van der Waals surface area (Å²) in [7, 11) is 1.67. The molecule has 3 heteroatoms. The Morgan fingerprint density at radius 1 is 1.00 bits per heavy atom. The van der Waals surface area contributed by atoms with Crippen molar-refractivity contribution in [2.45, 2.75) is 20.3 Å². The van der Waals surface area contributed by atoms with Gasteiger partial charge in [0.25, 0.3) is 0 Å². The van der Waals surface area contributed by atoms with Crippen molar-refractivity contribution in [3.05, 3.63) is 29.3 Å². The van der Waals surface area contributed by atoms with Crippen molar-refractivity contribution in [3.8, 4) is 5.75 Å². The zero-order chi connectivity index (χ0) is 12.5. The van der Waals surface area contributed by atoms with Crippen LogP contribution in [0.25, 0.3) is 0 Å². The Morgan fingerprint density at radius 3 is 2.59 bits per heavy atom. The lowest BCUT2D eigenvalue weighted by Gasteiger charge is -2.10. The Bertz CT molecular complexity index is 323. The van der Waals surface area contributed by atoms with Crippen LogP contribution in [0.2, 0.25) is 0 Å². The lowest BCUT2D eigenvalue weighted by molar-refractivity contribution is 0.0644. The molecule has 0 N–H and O–H groups in total. The Hall–Kier alpha value is -1.06. The molecule has 1 rings (SSSR count). The minimum absolute atomic E-state index is 0.651. The Labute approximate surface area is 104 Å². The third-order valence-electron chi connectivity index (χ3n) is 2.47. The number of hydrogen-bond donors (Lipinski definition) is 0. The predicted octanol–water partition coefficient (Wildman–Crippen LogP) is 2.74. The summed E-state index contributed by atoms with van der Waals surface area (Å²) >= 11 is 0. The van der Waals surface area contributed by atoms with Crippen molar-refractivity contribution < 1.29 is 14.2 Å². The molecule has 0 saturated heterocycles. The molecule has 0 aromatic heterocycles. The zero-order valence-corrected chi connectivity index (χ0v) is 11.0. The fourth-order valence-corrected chi connectivity index (χ4v) is 1.45. The summed E-state index contributed by atoms with van der Waals surface area (Å²) in [6, 6.07) is 6.25. The van der Waals surface area contributed by atoms with E-state index in [1.165, 1.54) is 11.1 Å². The van der Waals surface area contributed by atoms with E-state index in [-0.39, 0.29) is 0 Å². The highest BCUT2D eigenvalue weighted by Crippen LogP contribution is 2.19. The molecule has 0 unspecified atom stereocenters. The SMILES string of the molecule is COCCOCCCOc1cc(C)ccc1C. The van der Waals surface area contributed by atoms with Gasteiger partial charge in [0.05, 0.1) is 19.8 Å². The second-order valence-corrected chi connectivity index (χ2v) is 4.08. The summed E-state index contributed by atoms with van der Waals surface area (Å²) in [5.74, 6) is 0.974. The molecular formula is C14H22O3. The number of benzene rings is 1. The Kier molecular flexibility index (Phi) is 6.67. The lowest BCUT2D eigenvalue weighted by atomic mass is 10.1. The molecule has 0 aliphatic heterocycles. The van der Waals surface area contributed by atoms with Gasteiger partial charge in [-0.25, -0.2) is 0 Å². The van der Waals surface area contributed by atoms with Crippen LogP contribution in [0.4, 0.5) is 0 Å². The van der Waals surface area contributed by atoms with Gasteiger partial charge in [0.1, 0.15) is 5.75 Å². The van der Waals surface area contributed by atoms with E-state index in [1.54, 1.807) is 7.11 Å². The molecule has 0 radical (unpaired) electrons. The van der Waals surface area contributed by atoms with E-state index in [4.69, 9.17) is 14.2 Å². The van der Waals surface area contributed by atoms with Gasteiger partial charge < -0.3 is 14.2 Å². The molecule has 0 heterocycles. The quantitative estimate of drug-likeness (QED) is 0.652. The Balaban J connectivity index is 2.15. The second kappa shape index (κ2) is 8.09. The maximum Gasteiger partial charge on any atom is 0.122 e. The molecule has 17 heavy (non-hydrogen) atoms. The number of rotatable bonds is 8. The first-order valence-electron chi connectivity index (χ1n) is 6.01. The van der Waals surface area contributed by atoms with Gasteiger partial charge in [0.2, 0.25) is 0 Å². The van der Waals surface area contributed by atoms with Gasteiger partial charge in [0, 0.05) is 20.1 Å². The van der Waals surface area contributed by atoms with Crippen LogP contribution in [0.5, 0.6) is 5.75 Å². The smallest absolute Gasteiger partial charge is 0.122 e. The van der Waals surface area contributed by atoms with E-state index in [9.17, 15) is 0 Å². The fourth-order valence-electron chi connectivity index (χ4n) is 1.45. The topological polar surface area (TPSA) is 27.7 Å². The highest BCUT2D eigenvalue weighted by atomic mass is 16.5. The summed E-state index contributed by atoms with van der Waals surface area (Å²) < 4.78 is 16.0. The Morgan fingerprint density at radius 2 is 1.82 bits per heavy atom. The van der Waals surface area contributed by atoms with Gasteiger partial charge in [0.15, 0.2) is 0 Å². The van der Waals surface area contributed by atoms with Gasteiger partial charge in [-0.3, -0.25) is 0 Å². The van der Waals surface area contributed by atoms with E-state index >= 15 is 0 Å². The van der Waals surface area contributed by atoms with Gasteiger partial charge in [-0.2, -0.15) is 0 Å². The van der Waals surface area contributed by atoms with Crippen LogP contribution in [0.1, 0.15) is 17.5 Å². The van der Waals surface area contributed by atoms with Gasteiger partial charge >= 0.3 is 0 Å².